The average molecular weight is 435 g/mol. The predicted octanol–water partition coefficient (Wildman–Crippen LogP) is 0.703. The van der Waals surface area contributed by atoms with Gasteiger partial charge < -0.3 is 36.6 Å². The van der Waals surface area contributed by atoms with Crippen LogP contribution in [-0.4, -0.2) is 36.2 Å². The van der Waals surface area contributed by atoms with Crippen LogP contribution in [0.5, 0.6) is 0 Å². The molecule has 26 heavy (non-hydrogen) atoms. The van der Waals surface area contributed by atoms with Crippen molar-refractivity contribution in [3.8, 4) is 0 Å². The van der Waals surface area contributed by atoms with Crippen molar-refractivity contribution in [2.75, 3.05) is 13.1 Å². The van der Waals surface area contributed by atoms with Gasteiger partial charge in [0.15, 0.2) is 0 Å². The molecule has 1 unspecified atom stereocenters. The van der Waals surface area contributed by atoms with E-state index in [1.165, 1.54) is 37.1 Å². The second kappa shape index (κ2) is 13.5. The third-order valence-corrected chi connectivity index (χ3v) is 4.43. The van der Waals surface area contributed by atoms with E-state index >= 15 is 0 Å². The first-order valence-corrected chi connectivity index (χ1v) is 8.15. The molecule has 1 aromatic heterocycles. The fourth-order valence-electron chi connectivity index (χ4n) is 2.25. The van der Waals surface area contributed by atoms with Gasteiger partial charge in [-0.2, -0.15) is 5.70 Å². The molecule has 0 spiro atoms. The molecular formula is C16H23CuN2O6S. The number of rotatable bonds is 3. The van der Waals surface area contributed by atoms with E-state index in [0.717, 1.165) is 13.1 Å². The minimum atomic E-state index is -1.34. The number of hydrogen-bond acceptors (Lipinski definition) is 4. The Bertz CT molecular complexity index is 598. The predicted molar refractivity (Wildman–Crippen MR) is 96.7 cm³/mol. The normalized spacial score (nSPS) is 17.5. The second-order valence-electron chi connectivity index (χ2n) is 5.03. The Morgan fingerprint density at radius 2 is 1.88 bits per heavy atom. The van der Waals surface area contributed by atoms with E-state index in [4.69, 9.17) is 5.11 Å². The number of carbonyl (C=O) groups excluding carboxylic acids is 1. The summed E-state index contributed by atoms with van der Waals surface area (Å²) in [5.41, 5.74) is 1.19. The van der Waals surface area contributed by atoms with Gasteiger partial charge in [0, 0.05) is 0 Å². The van der Waals surface area contributed by atoms with Crippen LogP contribution in [0.25, 0.3) is 10.6 Å². The van der Waals surface area contributed by atoms with Crippen LogP contribution >= 0.6 is 11.3 Å². The Balaban J connectivity index is 0. The van der Waals surface area contributed by atoms with Crippen molar-refractivity contribution in [1.29, 1.82) is 0 Å². The summed E-state index contributed by atoms with van der Waals surface area (Å²) in [6.45, 7) is 1.87. The van der Waals surface area contributed by atoms with Gasteiger partial charge in [-0.1, -0.05) is 31.4 Å². The van der Waals surface area contributed by atoms with Gasteiger partial charge in [0.2, 0.25) is 0 Å². The summed E-state index contributed by atoms with van der Waals surface area (Å²) in [5, 5.41) is 27.5. The van der Waals surface area contributed by atoms with E-state index in [1.54, 1.807) is 0 Å². The number of aromatic carboxylic acids is 2. The van der Waals surface area contributed by atoms with Gasteiger partial charge in [0.05, 0.1) is 10.8 Å². The maximum absolute atomic E-state index is 10.2. The number of carbonyl (C=O) groups is 2. The Hall–Kier alpha value is -1.68. The summed E-state index contributed by atoms with van der Waals surface area (Å²) in [6.07, 6.45) is 10.0. The maximum atomic E-state index is 10.2. The standard InChI is InChI=1S/C10H14N2.C6H4O4S.Cu.2H2O/c1-3-7-11-9(5-1)10-6-2-4-8-12-10;7-5(8)3-1-2-4(11-3)6(9)10;;;/h1,3,5,10H,2,4,6-8H2;1-2H,(H,7,8)(H,9,10);;2*1H2/q-2;;+1;;/p+1. The number of nitrogens with zero attached hydrogens (tertiary/aromatic N) is 2. The number of hydrogen-bond donors (Lipinski definition) is 1. The Kier molecular flexibility index (Phi) is 13.8. The van der Waals surface area contributed by atoms with E-state index in [9.17, 15) is 14.7 Å². The molecule has 8 nitrogen and oxygen atoms in total. The van der Waals surface area contributed by atoms with E-state index in [0.29, 0.717) is 17.4 Å². The molecule has 1 fully saturated rings. The smallest absolute Gasteiger partial charge is 0.686 e. The third-order valence-electron chi connectivity index (χ3n) is 3.38. The number of allylic oxidation sites excluding steroid dienone is 2. The Labute approximate surface area is 166 Å². The van der Waals surface area contributed by atoms with Crippen LogP contribution in [0.4, 0.5) is 0 Å². The topological polar surface area (TPSA) is 172 Å². The van der Waals surface area contributed by atoms with Crippen LogP contribution in [0, 0.1) is 0 Å². The third kappa shape index (κ3) is 8.13. The number of carboxylic acid groups (broad SMARTS) is 2. The van der Waals surface area contributed by atoms with Crippen LogP contribution in [0.2, 0.25) is 0 Å². The molecule has 1 saturated heterocycles. The summed E-state index contributed by atoms with van der Waals surface area (Å²) < 4.78 is 0. The van der Waals surface area contributed by atoms with Crippen molar-refractivity contribution >= 4 is 23.3 Å². The minimum Gasteiger partial charge on any atom is -0.686 e. The molecule has 1 atom stereocenters. The van der Waals surface area contributed by atoms with E-state index in [2.05, 4.69) is 28.9 Å². The quantitative estimate of drug-likeness (QED) is 0.545. The van der Waals surface area contributed by atoms with Crippen LogP contribution in [-0.2, 0) is 28.0 Å². The molecule has 10 heteroatoms. The molecule has 2 aliphatic heterocycles. The SMILES string of the molecule is C1=CC[N-]C(C2CCCC[N-]2)=C1.O=C([O-])c1ccc(C(=O)O)s1.[Cu+].[OH3+].[OH3+]. The summed E-state index contributed by atoms with van der Waals surface area (Å²) >= 11 is 0.687. The van der Waals surface area contributed by atoms with E-state index in [1.807, 2.05) is 0 Å². The van der Waals surface area contributed by atoms with Crippen LogP contribution < -0.4 is 5.11 Å². The first kappa shape index (κ1) is 26.5. The van der Waals surface area contributed by atoms with Gasteiger partial charge in [0.1, 0.15) is 4.88 Å². The van der Waals surface area contributed by atoms with Crippen molar-refractivity contribution < 1.29 is 47.8 Å². The molecule has 0 aromatic carbocycles. The monoisotopic (exact) mass is 434 g/mol. The number of carboxylic acids is 2. The molecule has 0 bridgehead atoms. The van der Waals surface area contributed by atoms with E-state index in [-0.39, 0.29) is 37.8 Å². The molecular weight excluding hydrogens is 412 g/mol. The molecule has 3 heterocycles. The molecule has 0 aliphatic carbocycles. The van der Waals surface area contributed by atoms with Gasteiger partial charge >= 0.3 is 23.0 Å². The molecule has 2 aliphatic rings. The van der Waals surface area contributed by atoms with Gasteiger partial charge in [-0.3, -0.25) is 0 Å². The zero-order valence-corrected chi connectivity index (χ0v) is 15.7. The molecule has 0 saturated carbocycles. The number of piperidine rings is 1. The summed E-state index contributed by atoms with van der Waals surface area (Å²) in [6, 6.07) is 2.85. The fraction of sp³-hybridized carbons (Fsp3) is 0.375. The molecule has 0 radical (unpaired) electrons. The molecule has 150 valence electrons. The van der Waals surface area contributed by atoms with Crippen molar-refractivity contribution in [2.45, 2.75) is 25.3 Å². The first-order chi connectivity index (χ1) is 11.1. The molecule has 0 amide bonds. The van der Waals surface area contributed by atoms with Crippen LogP contribution in [0.15, 0.2) is 36.1 Å². The van der Waals surface area contributed by atoms with Gasteiger partial charge in [0.25, 0.3) is 0 Å². The largest absolute Gasteiger partial charge is 1.00 e. The van der Waals surface area contributed by atoms with Crippen molar-refractivity contribution in [1.82, 2.24) is 0 Å². The Morgan fingerprint density at radius 1 is 1.19 bits per heavy atom. The van der Waals surface area contributed by atoms with Crippen molar-refractivity contribution in [2.24, 2.45) is 0 Å². The maximum Gasteiger partial charge on any atom is 1.00 e. The average Bonchev–Trinajstić information content (AvgIpc) is 3.08. The van der Waals surface area contributed by atoms with Crippen LogP contribution in [0.1, 0.15) is 38.6 Å². The van der Waals surface area contributed by atoms with Crippen LogP contribution in [0.3, 0.4) is 0 Å². The molecule has 7 N–H and O–H groups in total. The first-order valence-electron chi connectivity index (χ1n) is 7.33. The summed E-state index contributed by atoms with van der Waals surface area (Å²) in [7, 11) is 0. The summed E-state index contributed by atoms with van der Waals surface area (Å²) in [4.78, 5) is 20.3. The van der Waals surface area contributed by atoms with Crippen molar-refractivity contribution in [3.63, 3.8) is 0 Å². The van der Waals surface area contributed by atoms with E-state index < -0.39 is 11.9 Å². The van der Waals surface area contributed by atoms with Crippen molar-refractivity contribution in [3.05, 3.63) is 56.4 Å². The Morgan fingerprint density at radius 3 is 2.31 bits per heavy atom. The molecule has 1 aromatic rings. The van der Waals surface area contributed by atoms with Gasteiger partial charge in [-0.15, -0.1) is 36.5 Å². The summed E-state index contributed by atoms with van der Waals surface area (Å²) in [5.74, 6) is -2.47. The minimum absolute atomic E-state index is 0. The fourth-order valence-corrected chi connectivity index (χ4v) is 2.93. The second-order valence-corrected chi connectivity index (χ2v) is 6.12. The van der Waals surface area contributed by atoms with Gasteiger partial charge in [-0.05, 0) is 12.1 Å². The van der Waals surface area contributed by atoms with Gasteiger partial charge in [-0.25, -0.2) is 4.79 Å². The zero-order chi connectivity index (χ0) is 16.7. The number of thiophene rings is 1. The zero-order valence-electron chi connectivity index (χ0n) is 13.9. The molecule has 3 rings (SSSR count).